The number of carbonyl (C=O) groups excluding carboxylic acids is 1. The smallest absolute Gasteiger partial charge is 0.308 e. The minimum atomic E-state index is -0.319. The Kier molecular flexibility index (Phi) is 26.8. The van der Waals surface area contributed by atoms with Crippen molar-refractivity contribution in [2.45, 2.75) is 89.5 Å². The number of allylic oxidation sites excluding steroid dienone is 3. The Labute approximate surface area is 203 Å². The van der Waals surface area contributed by atoms with Gasteiger partial charge in [0.1, 0.15) is 17.3 Å². The van der Waals surface area contributed by atoms with Crippen molar-refractivity contribution in [2.24, 2.45) is 0 Å². The highest BCUT2D eigenvalue weighted by atomic mass is 16.5. The first-order valence-corrected chi connectivity index (χ1v) is 11.2. The van der Waals surface area contributed by atoms with Crippen molar-refractivity contribution >= 4 is 17.0 Å². The molecular weight excluding hydrogens is 412 g/mol. The number of imidazole rings is 1. The molecule has 0 atom stereocenters. The summed E-state index contributed by atoms with van der Waals surface area (Å²) in [4.78, 5) is 18.0. The number of nitrogens with one attached hydrogen (secondary N) is 1. The third kappa shape index (κ3) is 15.4. The number of methoxy groups -OCH3 is 1. The van der Waals surface area contributed by atoms with Gasteiger partial charge in [-0.05, 0) is 57.4 Å². The summed E-state index contributed by atoms with van der Waals surface area (Å²) in [6, 6.07) is 5.30. The number of rotatable bonds is 5. The summed E-state index contributed by atoms with van der Waals surface area (Å²) < 4.78 is 10.3. The monoisotopic (exact) mass is 460 g/mol. The largest absolute Gasteiger partial charge is 0.497 e. The molecule has 33 heavy (non-hydrogen) atoms. The first-order valence-electron chi connectivity index (χ1n) is 11.2. The highest BCUT2D eigenvalue weighted by Crippen LogP contribution is 2.19. The summed E-state index contributed by atoms with van der Waals surface area (Å²) in [7, 11) is 1.74. The Morgan fingerprint density at radius 2 is 1.67 bits per heavy atom. The lowest BCUT2D eigenvalue weighted by atomic mass is 10.1. The molecule has 5 nitrogen and oxygen atoms in total. The van der Waals surface area contributed by atoms with Gasteiger partial charge in [-0.3, -0.25) is 4.79 Å². The molecule has 1 aromatic carbocycles. The number of hydrogen-bond acceptors (Lipinski definition) is 4. The lowest BCUT2D eigenvalue weighted by molar-refractivity contribution is -0.131. The minimum Gasteiger partial charge on any atom is -0.497 e. The van der Waals surface area contributed by atoms with Gasteiger partial charge in [-0.15, -0.1) is 12.8 Å². The van der Waals surface area contributed by atoms with Crippen molar-refractivity contribution in [3.8, 4) is 18.6 Å². The molecular formula is C28H48N2O3. The van der Waals surface area contributed by atoms with Gasteiger partial charge in [0, 0.05) is 13.0 Å². The molecule has 1 heterocycles. The van der Waals surface area contributed by atoms with Gasteiger partial charge in [0.15, 0.2) is 0 Å². The maximum absolute atomic E-state index is 10.7. The van der Waals surface area contributed by atoms with Gasteiger partial charge in [0.05, 0.1) is 18.1 Å². The lowest BCUT2D eigenvalue weighted by Gasteiger charge is -2.10. The zero-order chi connectivity index (χ0) is 25.7. The Hall–Kier alpha value is -3.00. The van der Waals surface area contributed by atoms with Gasteiger partial charge in [0.25, 0.3) is 0 Å². The lowest BCUT2D eigenvalue weighted by Crippen LogP contribution is -2.00. The number of carbonyl (C=O) groups is 1. The predicted octanol–water partition coefficient (Wildman–Crippen LogP) is 8.41. The molecule has 0 fully saturated rings. The van der Waals surface area contributed by atoms with E-state index < -0.39 is 0 Å². The summed E-state index contributed by atoms with van der Waals surface area (Å²) in [5, 5.41) is 0. The number of fused-ring (bicyclic) bond motifs is 1. The highest BCUT2D eigenvalue weighted by molar-refractivity contribution is 5.78. The number of H-pyrrole nitrogens is 1. The fraction of sp³-hybridized carbons (Fsp3) is 0.500. The second-order valence-corrected chi connectivity index (χ2v) is 6.13. The summed E-state index contributed by atoms with van der Waals surface area (Å²) in [6.07, 6.45) is 12.4. The molecule has 0 unspecified atom stereocenters. The van der Waals surface area contributed by atoms with E-state index in [2.05, 4.69) is 49.7 Å². The van der Waals surface area contributed by atoms with Crippen LogP contribution in [-0.4, -0.2) is 23.0 Å². The van der Waals surface area contributed by atoms with E-state index >= 15 is 0 Å². The molecule has 0 bridgehead atoms. The summed E-state index contributed by atoms with van der Waals surface area (Å²) in [6.45, 7) is 19.7. The van der Waals surface area contributed by atoms with Gasteiger partial charge < -0.3 is 14.5 Å². The number of nitrogens with zero attached hydrogens (tertiary/aromatic N) is 1. The highest BCUT2D eigenvalue weighted by Gasteiger charge is 2.03. The average molecular weight is 461 g/mol. The summed E-state index contributed by atoms with van der Waals surface area (Å²) in [5.74, 6) is 2.12. The van der Waals surface area contributed by atoms with Crippen molar-refractivity contribution in [3.63, 3.8) is 0 Å². The van der Waals surface area contributed by atoms with Crippen LogP contribution in [0.1, 0.15) is 88.4 Å². The van der Waals surface area contributed by atoms with Crippen LogP contribution in [0.4, 0.5) is 0 Å². The average Bonchev–Trinajstić information content (AvgIpc) is 3.17. The maximum Gasteiger partial charge on any atom is 0.308 e. The molecule has 2 rings (SSSR count). The van der Waals surface area contributed by atoms with Gasteiger partial charge >= 0.3 is 5.97 Å². The van der Waals surface area contributed by atoms with E-state index in [9.17, 15) is 4.79 Å². The number of hydrogen-bond donors (Lipinski definition) is 1. The number of aromatic amines is 1. The van der Waals surface area contributed by atoms with Crippen molar-refractivity contribution < 1.29 is 14.3 Å². The number of benzene rings is 1. The number of esters is 1. The number of ether oxygens (including phenoxy) is 2. The van der Waals surface area contributed by atoms with Crippen LogP contribution in [0.25, 0.3) is 11.0 Å². The molecule has 0 aliphatic heterocycles. The normalized spacial score (nSPS) is 10.0. The Morgan fingerprint density at radius 1 is 1.12 bits per heavy atom. The zero-order valence-electron chi connectivity index (χ0n) is 22.1. The van der Waals surface area contributed by atoms with Crippen LogP contribution < -0.4 is 4.74 Å². The van der Waals surface area contributed by atoms with Crippen molar-refractivity contribution in [1.29, 1.82) is 0 Å². The molecule has 1 N–H and O–H groups in total. The number of terminal acetylenes is 1. The Bertz CT molecular complexity index is 843. The maximum atomic E-state index is 10.7. The second-order valence-electron chi connectivity index (χ2n) is 6.13. The van der Waals surface area contributed by atoms with Crippen molar-refractivity contribution in [2.75, 3.05) is 7.11 Å². The fourth-order valence-electron chi connectivity index (χ4n) is 2.64. The van der Waals surface area contributed by atoms with Crippen LogP contribution in [0.2, 0.25) is 0 Å². The zero-order valence-corrected chi connectivity index (χ0v) is 22.1. The molecule has 5 heteroatoms. The van der Waals surface area contributed by atoms with Gasteiger partial charge in [-0.25, -0.2) is 4.98 Å². The first kappa shape index (κ1) is 37.3. The van der Waals surface area contributed by atoms with Crippen LogP contribution in [0.5, 0.6) is 5.75 Å². The molecule has 0 saturated heterocycles. The third-order valence-electron chi connectivity index (χ3n) is 3.84. The van der Waals surface area contributed by atoms with Crippen LogP contribution >= 0.6 is 0 Å². The second kappa shape index (κ2) is 23.7. The van der Waals surface area contributed by atoms with Crippen LogP contribution in [0.3, 0.4) is 0 Å². The van der Waals surface area contributed by atoms with Gasteiger partial charge in [-0.2, -0.15) is 0 Å². The van der Waals surface area contributed by atoms with Crippen molar-refractivity contribution in [3.05, 3.63) is 47.0 Å². The molecule has 1 aromatic heterocycles. The molecule has 0 saturated carbocycles. The molecule has 0 spiro atoms. The minimum absolute atomic E-state index is 0. The van der Waals surface area contributed by atoms with Crippen molar-refractivity contribution in [1.82, 2.24) is 9.97 Å². The van der Waals surface area contributed by atoms with E-state index in [0.717, 1.165) is 29.0 Å². The van der Waals surface area contributed by atoms with Crippen LogP contribution in [-0.2, 0) is 9.53 Å². The van der Waals surface area contributed by atoms with E-state index in [1.165, 1.54) is 24.5 Å². The van der Waals surface area contributed by atoms with E-state index in [1.807, 2.05) is 47.6 Å². The SMILES string of the molecule is C.C#C.C/C=C(C)\C(OC)=C(\C)CCC.CC.CC.CC(=O)Oc1ccc2nc(C)[nH]c2c1. The third-order valence-corrected chi connectivity index (χ3v) is 3.84. The molecule has 188 valence electrons. The van der Waals surface area contributed by atoms with Gasteiger partial charge in [-0.1, -0.05) is 54.5 Å². The standard InChI is InChI=1S/C11H20O.C10H10N2O2.2C2H6.C2H2.CH4/c1-6-8-10(4)11(12-5)9(3)7-2;1-6-11-9-4-3-8(14-7(2)13)5-10(9)12-6;3*1-2;/h7H,6,8H2,1-5H3;3-5H,1-2H3,(H,11,12);2*1-2H3;1-2H;1H4/b9-7-,11-10+;;;;;. The molecule has 0 amide bonds. The van der Waals surface area contributed by atoms with Crippen LogP contribution in [0.15, 0.2) is 41.2 Å². The van der Waals surface area contributed by atoms with E-state index in [-0.39, 0.29) is 13.4 Å². The molecule has 0 aliphatic carbocycles. The van der Waals surface area contributed by atoms with E-state index in [0.29, 0.717) is 5.75 Å². The Morgan fingerprint density at radius 3 is 2.09 bits per heavy atom. The quantitative estimate of drug-likeness (QED) is 0.160. The number of aryl methyl sites for hydroxylation is 1. The van der Waals surface area contributed by atoms with Crippen LogP contribution in [0, 0.1) is 19.8 Å². The van der Waals surface area contributed by atoms with E-state index in [1.54, 1.807) is 19.2 Å². The Balaban J connectivity index is -0.000000204. The molecule has 0 radical (unpaired) electrons. The predicted molar refractivity (Wildman–Crippen MR) is 146 cm³/mol. The summed E-state index contributed by atoms with van der Waals surface area (Å²) >= 11 is 0. The topological polar surface area (TPSA) is 64.2 Å². The van der Waals surface area contributed by atoms with Gasteiger partial charge in [0.2, 0.25) is 0 Å². The van der Waals surface area contributed by atoms with E-state index in [4.69, 9.17) is 9.47 Å². The summed E-state index contributed by atoms with van der Waals surface area (Å²) in [5.41, 5.74) is 4.32. The molecule has 2 aromatic rings. The molecule has 0 aliphatic rings. The fourth-order valence-corrected chi connectivity index (χ4v) is 2.64. The first-order chi connectivity index (χ1) is 15.3. The number of aromatic nitrogens is 2.